The summed E-state index contributed by atoms with van der Waals surface area (Å²) in [6.45, 7) is 1.94. The van der Waals surface area contributed by atoms with Gasteiger partial charge < -0.3 is 4.90 Å². The lowest BCUT2D eigenvalue weighted by Gasteiger charge is -2.24. The van der Waals surface area contributed by atoms with Crippen molar-refractivity contribution in [3.63, 3.8) is 0 Å². The topological polar surface area (TPSA) is 66.8 Å². The van der Waals surface area contributed by atoms with Crippen molar-refractivity contribution < 1.29 is 17.6 Å². The van der Waals surface area contributed by atoms with Gasteiger partial charge in [0.25, 0.3) is 0 Å². The minimum absolute atomic E-state index is 0.0636. The normalized spacial score (nSPS) is 27.4. The van der Waals surface area contributed by atoms with E-state index in [4.69, 9.17) is 0 Å². The number of amidine groups is 1. The Morgan fingerprint density at radius 2 is 2.04 bits per heavy atom. The number of amides is 1. The summed E-state index contributed by atoms with van der Waals surface area (Å²) in [5, 5.41) is 0.538. The molecule has 2 aliphatic rings. The molecular weight excluding hydrogens is 339 g/mol. The Morgan fingerprint density at radius 3 is 2.70 bits per heavy atom. The van der Waals surface area contributed by atoms with Crippen molar-refractivity contribution in [1.82, 2.24) is 4.90 Å². The van der Waals surface area contributed by atoms with Crippen molar-refractivity contribution in [1.29, 1.82) is 0 Å². The van der Waals surface area contributed by atoms with Gasteiger partial charge in [-0.25, -0.2) is 12.8 Å². The SMILES string of the molecule is CC(=O)N=C1S[C@@H]2CS(=O)(=O)C[C@@H]2N1CCc1ccc(F)cc1. The molecule has 0 spiro atoms. The average Bonchev–Trinajstić information content (AvgIpc) is 2.89. The molecule has 2 fully saturated rings. The number of nitrogens with zero attached hydrogens (tertiary/aromatic N) is 2. The molecule has 0 aromatic heterocycles. The van der Waals surface area contributed by atoms with E-state index in [1.807, 2.05) is 4.90 Å². The first kappa shape index (κ1) is 16.4. The highest BCUT2D eigenvalue weighted by Crippen LogP contribution is 2.38. The summed E-state index contributed by atoms with van der Waals surface area (Å²) >= 11 is 1.37. The Morgan fingerprint density at radius 1 is 1.35 bits per heavy atom. The molecule has 0 bridgehead atoms. The third-order valence-corrected chi connectivity index (χ3v) is 7.23. The summed E-state index contributed by atoms with van der Waals surface area (Å²) in [6, 6.07) is 6.10. The van der Waals surface area contributed by atoms with E-state index in [-0.39, 0.29) is 34.5 Å². The fourth-order valence-corrected chi connectivity index (χ4v) is 6.95. The second-order valence-corrected chi connectivity index (χ2v) is 9.14. The number of hydrogen-bond acceptors (Lipinski definition) is 4. The minimum atomic E-state index is -3.03. The Kier molecular flexibility index (Phi) is 4.46. The second-order valence-electron chi connectivity index (χ2n) is 5.78. The van der Waals surface area contributed by atoms with Crippen LogP contribution < -0.4 is 0 Å². The van der Waals surface area contributed by atoms with Crippen molar-refractivity contribution >= 4 is 32.7 Å². The maximum absolute atomic E-state index is 13.0. The fraction of sp³-hybridized carbons (Fsp3) is 0.467. The van der Waals surface area contributed by atoms with Crippen LogP contribution in [0.1, 0.15) is 12.5 Å². The number of thioether (sulfide) groups is 1. The molecule has 124 valence electrons. The summed E-state index contributed by atoms with van der Waals surface area (Å²) in [6.07, 6.45) is 0.640. The van der Waals surface area contributed by atoms with E-state index in [1.165, 1.54) is 30.8 Å². The predicted molar refractivity (Wildman–Crippen MR) is 88.7 cm³/mol. The lowest BCUT2D eigenvalue weighted by molar-refractivity contribution is -0.115. The number of hydrogen-bond donors (Lipinski definition) is 0. The van der Waals surface area contributed by atoms with Gasteiger partial charge in [0.1, 0.15) is 5.82 Å². The number of sulfone groups is 1. The maximum Gasteiger partial charge on any atom is 0.244 e. The molecule has 1 amide bonds. The van der Waals surface area contributed by atoms with Crippen LogP contribution in [0.5, 0.6) is 0 Å². The van der Waals surface area contributed by atoms with Gasteiger partial charge in [-0.1, -0.05) is 23.9 Å². The minimum Gasteiger partial charge on any atom is -0.346 e. The number of fused-ring (bicyclic) bond motifs is 1. The molecule has 8 heteroatoms. The molecule has 23 heavy (non-hydrogen) atoms. The third-order valence-electron chi connectivity index (χ3n) is 3.98. The lowest BCUT2D eigenvalue weighted by atomic mass is 10.1. The maximum atomic E-state index is 13.0. The summed E-state index contributed by atoms with van der Waals surface area (Å²) < 4.78 is 36.6. The number of aliphatic imine (C=N–C) groups is 1. The molecule has 1 aromatic rings. The Bertz CT molecular complexity index is 746. The van der Waals surface area contributed by atoms with Crippen molar-refractivity contribution in [2.24, 2.45) is 4.99 Å². The molecule has 2 aliphatic heterocycles. The van der Waals surface area contributed by atoms with Gasteiger partial charge in [-0.15, -0.1) is 0 Å². The van der Waals surface area contributed by atoms with E-state index in [0.29, 0.717) is 18.1 Å². The van der Waals surface area contributed by atoms with Crippen molar-refractivity contribution in [2.75, 3.05) is 18.1 Å². The first-order valence-corrected chi connectivity index (χ1v) is 10.0. The van der Waals surface area contributed by atoms with Crippen LogP contribution in [-0.4, -0.2) is 53.7 Å². The lowest BCUT2D eigenvalue weighted by Crippen LogP contribution is -2.39. The van der Waals surface area contributed by atoms with Crippen molar-refractivity contribution in [3.05, 3.63) is 35.6 Å². The van der Waals surface area contributed by atoms with Crippen LogP contribution in [0.2, 0.25) is 0 Å². The molecule has 3 rings (SSSR count). The largest absolute Gasteiger partial charge is 0.346 e. The van der Waals surface area contributed by atoms with Gasteiger partial charge in [-0.3, -0.25) is 4.79 Å². The molecule has 0 N–H and O–H groups in total. The smallest absolute Gasteiger partial charge is 0.244 e. The average molecular weight is 356 g/mol. The highest BCUT2D eigenvalue weighted by Gasteiger charge is 2.48. The molecule has 0 aliphatic carbocycles. The number of benzene rings is 1. The van der Waals surface area contributed by atoms with E-state index < -0.39 is 9.84 Å². The van der Waals surface area contributed by atoms with Crippen molar-refractivity contribution in [2.45, 2.75) is 24.6 Å². The van der Waals surface area contributed by atoms with Crippen LogP contribution >= 0.6 is 11.8 Å². The van der Waals surface area contributed by atoms with Gasteiger partial charge in [0.2, 0.25) is 5.91 Å². The van der Waals surface area contributed by atoms with E-state index in [2.05, 4.69) is 4.99 Å². The number of carbonyl (C=O) groups excluding carboxylic acids is 1. The van der Waals surface area contributed by atoms with Gasteiger partial charge in [-0.2, -0.15) is 4.99 Å². The third kappa shape index (κ3) is 3.74. The first-order chi connectivity index (χ1) is 10.8. The first-order valence-electron chi connectivity index (χ1n) is 7.31. The summed E-state index contributed by atoms with van der Waals surface area (Å²) in [7, 11) is -3.03. The molecule has 0 unspecified atom stereocenters. The van der Waals surface area contributed by atoms with Crippen LogP contribution in [0.15, 0.2) is 29.3 Å². The van der Waals surface area contributed by atoms with E-state index in [0.717, 1.165) is 5.56 Å². The monoisotopic (exact) mass is 356 g/mol. The van der Waals surface area contributed by atoms with Gasteiger partial charge in [0.05, 0.1) is 17.5 Å². The van der Waals surface area contributed by atoms with Crippen LogP contribution in [0, 0.1) is 5.82 Å². The van der Waals surface area contributed by atoms with E-state index in [9.17, 15) is 17.6 Å². The predicted octanol–water partition coefficient (Wildman–Crippen LogP) is 1.49. The van der Waals surface area contributed by atoms with Crippen LogP contribution in [0.3, 0.4) is 0 Å². The fourth-order valence-electron chi connectivity index (χ4n) is 2.93. The number of halogens is 1. The summed E-state index contributed by atoms with van der Waals surface area (Å²) in [5.41, 5.74) is 0.961. The molecule has 1 aromatic carbocycles. The molecule has 0 radical (unpaired) electrons. The van der Waals surface area contributed by atoms with Gasteiger partial charge in [0.15, 0.2) is 15.0 Å². The van der Waals surface area contributed by atoms with Crippen LogP contribution in [-0.2, 0) is 21.1 Å². The van der Waals surface area contributed by atoms with Gasteiger partial charge >= 0.3 is 0 Å². The highest BCUT2D eigenvalue weighted by molar-refractivity contribution is 8.15. The zero-order valence-corrected chi connectivity index (χ0v) is 14.2. The number of carbonyl (C=O) groups is 1. The summed E-state index contributed by atoms with van der Waals surface area (Å²) in [5.74, 6) is -0.342. The Labute approximate surface area is 138 Å². The van der Waals surface area contributed by atoms with E-state index >= 15 is 0 Å². The Hall–Kier alpha value is -1.41. The summed E-state index contributed by atoms with van der Waals surface area (Å²) in [4.78, 5) is 17.3. The standard InChI is InChI=1S/C15H17FN2O3S2/c1-10(19)17-15-18(7-6-11-2-4-12(16)5-3-11)13-8-23(20,21)9-14(13)22-15/h2-5,13-14H,6-9H2,1H3/t13-,14+/m0/s1. The molecule has 2 heterocycles. The second kappa shape index (κ2) is 6.24. The van der Waals surface area contributed by atoms with Crippen LogP contribution in [0.4, 0.5) is 4.39 Å². The van der Waals surface area contributed by atoms with Crippen LogP contribution in [0.25, 0.3) is 0 Å². The quantitative estimate of drug-likeness (QED) is 0.821. The zero-order chi connectivity index (χ0) is 16.6. The van der Waals surface area contributed by atoms with Crippen molar-refractivity contribution in [3.8, 4) is 0 Å². The highest BCUT2D eigenvalue weighted by atomic mass is 32.2. The zero-order valence-electron chi connectivity index (χ0n) is 12.6. The molecule has 5 nitrogen and oxygen atoms in total. The molecule has 2 atom stereocenters. The molecule has 0 saturated carbocycles. The number of rotatable bonds is 3. The molecule has 2 saturated heterocycles. The molecular formula is C15H17FN2O3S2. The Balaban J connectivity index is 1.77. The van der Waals surface area contributed by atoms with E-state index in [1.54, 1.807) is 12.1 Å². The van der Waals surface area contributed by atoms with Gasteiger partial charge in [0, 0.05) is 18.7 Å². The van der Waals surface area contributed by atoms with Gasteiger partial charge in [-0.05, 0) is 24.1 Å².